The number of fused-ring (bicyclic) bond motifs is 1. The first-order valence-electron chi connectivity index (χ1n) is 8.76. The molecule has 1 aliphatic rings. The highest BCUT2D eigenvalue weighted by molar-refractivity contribution is 5.92. The van der Waals surface area contributed by atoms with Gasteiger partial charge < -0.3 is 14.8 Å². The van der Waals surface area contributed by atoms with Crippen molar-refractivity contribution >= 4 is 28.3 Å². The van der Waals surface area contributed by atoms with E-state index in [1.54, 1.807) is 6.33 Å². The van der Waals surface area contributed by atoms with E-state index in [1.165, 1.54) is 18.5 Å². The van der Waals surface area contributed by atoms with E-state index in [1.807, 2.05) is 41.8 Å². The number of nitrogens with one attached hydrogen (secondary N) is 1. The first-order valence-corrected chi connectivity index (χ1v) is 8.76. The number of rotatable bonds is 4. The molecule has 1 N–H and O–H groups in total. The average Bonchev–Trinajstić information content (AvgIpc) is 3.27. The Morgan fingerprint density at radius 2 is 1.96 bits per heavy atom. The van der Waals surface area contributed by atoms with Crippen LogP contribution in [0.5, 0.6) is 0 Å². The lowest BCUT2D eigenvalue weighted by atomic mass is 10.1. The molecule has 0 saturated carbocycles. The molecular weight excluding hydrogens is 312 g/mol. The number of para-hydroxylation sites is 2. The summed E-state index contributed by atoms with van der Waals surface area (Å²) in [7, 11) is 0. The van der Waals surface area contributed by atoms with Crippen LogP contribution in [0.1, 0.15) is 18.4 Å². The van der Waals surface area contributed by atoms with Gasteiger partial charge in [-0.15, -0.1) is 0 Å². The first kappa shape index (κ1) is 15.7. The van der Waals surface area contributed by atoms with E-state index in [4.69, 9.17) is 0 Å². The third-order valence-electron chi connectivity index (χ3n) is 4.80. The number of hydrogen-bond acceptors (Lipinski definition) is 3. The summed E-state index contributed by atoms with van der Waals surface area (Å²) in [5.74, 6) is -0.0415. The molecule has 1 fully saturated rings. The van der Waals surface area contributed by atoms with Gasteiger partial charge in [0.2, 0.25) is 5.91 Å². The fraction of sp³-hybridized carbons (Fsp3) is 0.300. The summed E-state index contributed by atoms with van der Waals surface area (Å²) in [5, 5.41) is 3.02. The molecule has 0 aliphatic carbocycles. The van der Waals surface area contributed by atoms with E-state index in [9.17, 15) is 4.79 Å². The zero-order chi connectivity index (χ0) is 17.2. The Bertz CT molecular complexity index is 909. The Labute approximate surface area is 147 Å². The fourth-order valence-corrected chi connectivity index (χ4v) is 3.44. The molecule has 4 rings (SSSR count). The van der Waals surface area contributed by atoms with Crippen LogP contribution >= 0.6 is 0 Å². The lowest BCUT2D eigenvalue weighted by Crippen LogP contribution is -2.20. The number of aromatic nitrogens is 2. The second-order valence-electron chi connectivity index (χ2n) is 6.60. The van der Waals surface area contributed by atoms with Crippen LogP contribution in [0, 0.1) is 6.92 Å². The Morgan fingerprint density at radius 1 is 1.16 bits per heavy atom. The lowest BCUT2D eigenvalue weighted by Gasteiger charge is -2.19. The minimum Gasteiger partial charge on any atom is -0.372 e. The monoisotopic (exact) mass is 334 g/mol. The van der Waals surface area contributed by atoms with Crippen molar-refractivity contribution in [2.45, 2.75) is 26.3 Å². The van der Waals surface area contributed by atoms with Crippen molar-refractivity contribution in [1.82, 2.24) is 9.55 Å². The van der Waals surface area contributed by atoms with Crippen molar-refractivity contribution in [3.63, 3.8) is 0 Å². The molecule has 1 saturated heterocycles. The van der Waals surface area contributed by atoms with Crippen LogP contribution in [0.2, 0.25) is 0 Å². The quantitative estimate of drug-likeness (QED) is 0.793. The van der Waals surface area contributed by atoms with Gasteiger partial charge in [-0.2, -0.15) is 0 Å². The van der Waals surface area contributed by atoms with Gasteiger partial charge in [0, 0.05) is 24.5 Å². The Kier molecular flexibility index (Phi) is 4.14. The summed E-state index contributed by atoms with van der Waals surface area (Å²) < 4.78 is 1.87. The van der Waals surface area contributed by atoms with Gasteiger partial charge in [0.25, 0.3) is 0 Å². The smallest absolute Gasteiger partial charge is 0.244 e. The third-order valence-corrected chi connectivity index (χ3v) is 4.80. The number of benzene rings is 2. The summed E-state index contributed by atoms with van der Waals surface area (Å²) in [6.45, 7) is 4.55. The number of amides is 1. The van der Waals surface area contributed by atoms with Gasteiger partial charge in [-0.3, -0.25) is 4.79 Å². The minimum atomic E-state index is -0.0415. The minimum absolute atomic E-state index is 0.0415. The molecule has 0 atom stereocenters. The molecule has 3 aromatic rings. The van der Waals surface area contributed by atoms with Gasteiger partial charge in [-0.05, 0) is 55.7 Å². The van der Waals surface area contributed by atoms with Crippen LogP contribution < -0.4 is 10.2 Å². The molecule has 0 spiro atoms. The van der Waals surface area contributed by atoms with Crippen molar-refractivity contribution in [2.24, 2.45) is 0 Å². The van der Waals surface area contributed by atoms with E-state index >= 15 is 0 Å². The number of nitrogens with zero attached hydrogens (tertiary/aromatic N) is 3. The van der Waals surface area contributed by atoms with Gasteiger partial charge in [-0.1, -0.05) is 12.1 Å². The van der Waals surface area contributed by atoms with Gasteiger partial charge in [0.1, 0.15) is 6.54 Å². The topological polar surface area (TPSA) is 50.2 Å². The second-order valence-corrected chi connectivity index (χ2v) is 6.60. The SMILES string of the molecule is Cc1cc(N2CCCC2)ccc1NC(=O)Cn1cnc2ccccc21. The number of hydrogen-bond donors (Lipinski definition) is 1. The Balaban J connectivity index is 1.47. The zero-order valence-electron chi connectivity index (χ0n) is 14.4. The van der Waals surface area contributed by atoms with Crippen LogP contribution in [0.3, 0.4) is 0 Å². The fourth-order valence-electron chi connectivity index (χ4n) is 3.44. The molecular formula is C20H22N4O. The normalized spacial score (nSPS) is 14.2. The highest BCUT2D eigenvalue weighted by Gasteiger charge is 2.14. The molecule has 2 aromatic carbocycles. The molecule has 25 heavy (non-hydrogen) atoms. The van der Waals surface area contributed by atoms with Crippen molar-refractivity contribution in [3.8, 4) is 0 Å². The van der Waals surface area contributed by atoms with Crippen LogP contribution in [-0.4, -0.2) is 28.5 Å². The van der Waals surface area contributed by atoms with Crippen LogP contribution in [0.4, 0.5) is 11.4 Å². The molecule has 1 aromatic heterocycles. The van der Waals surface area contributed by atoms with E-state index in [0.29, 0.717) is 0 Å². The molecule has 0 unspecified atom stereocenters. The highest BCUT2D eigenvalue weighted by Crippen LogP contribution is 2.25. The summed E-state index contributed by atoms with van der Waals surface area (Å²) in [4.78, 5) is 19.2. The van der Waals surface area contributed by atoms with Gasteiger partial charge >= 0.3 is 0 Å². The molecule has 128 valence electrons. The van der Waals surface area contributed by atoms with E-state index in [-0.39, 0.29) is 12.5 Å². The van der Waals surface area contributed by atoms with Crippen molar-refractivity contribution in [2.75, 3.05) is 23.3 Å². The largest absolute Gasteiger partial charge is 0.372 e. The second kappa shape index (κ2) is 6.59. The highest BCUT2D eigenvalue weighted by atomic mass is 16.1. The van der Waals surface area contributed by atoms with Crippen molar-refractivity contribution in [1.29, 1.82) is 0 Å². The van der Waals surface area contributed by atoms with Crippen LogP contribution in [-0.2, 0) is 11.3 Å². The Hall–Kier alpha value is -2.82. The predicted molar refractivity (Wildman–Crippen MR) is 101 cm³/mol. The standard InChI is InChI=1S/C20H22N4O/c1-15-12-16(23-10-4-5-11-23)8-9-17(15)22-20(25)13-24-14-21-18-6-2-3-7-19(18)24/h2-3,6-9,12,14H,4-5,10-11,13H2,1H3,(H,22,25). The molecule has 5 nitrogen and oxygen atoms in total. The average molecular weight is 334 g/mol. The first-order chi connectivity index (χ1) is 12.2. The summed E-state index contributed by atoms with van der Waals surface area (Å²) in [6, 6.07) is 14.1. The number of aryl methyl sites for hydroxylation is 1. The summed E-state index contributed by atoms with van der Waals surface area (Å²) >= 11 is 0. The van der Waals surface area contributed by atoms with Gasteiger partial charge in [0.15, 0.2) is 0 Å². The zero-order valence-corrected chi connectivity index (χ0v) is 14.4. The molecule has 5 heteroatoms. The van der Waals surface area contributed by atoms with Crippen LogP contribution in [0.15, 0.2) is 48.8 Å². The molecule has 1 amide bonds. The Morgan fingerprint density at radius 3 is 2.76 bits per heavy atom. The number of carbonyl (C=O) groups excluding carboxylic acids is 1. The predicted octanol–water partition coefficient (Wildman–Crippen LogP) is 3.58. The summed E-state index contributed by atoms with van der Waals surface area (Å²) in [6.07, 6.45) is 4.24. The van der Waals surface area contributed by atoms with Crippen molar-refractivity contribution < 1.29 is 4.79 Å². The number of anilines is 2. The number of carbonyl (C=O) groups is 1. The maximum absolute atomic E-state index is 12.4. The molecule has 0 radical (unpaired) electrons. The lowest BCUT2D eigenvalue weighted by molar-refractivity contribution is -0.116. The maximum atomic E-state index is 12.4. The van der Waals surface area contributed by atoms with Gasteiger partial charge in [0.05, 0.1) is 17.4 Å². The van der Waals surface area contributed by atoms with E-state index in [2.05, 4.69) is 27.3 Å². The summed E-state index contributed by atoms with van der Waals surface area (Å²) in [5.41, 5.74) is 5.08. The van der Waals surface area contributed by atoms with Crippen LogP contribution in [0.25, 0.3) is 11.0 Å². The van der Waals surface area contributed by atoms with Gasteiger partial charge in [-0.25, -0.2) is 4.98 Å². The van der Waals surface area contributed by atoms with Crippen molar-refractivity contribution in [3.05, 3.63) is 54.4 Å². The van der Waals surface area contributed by atoms with E-state index < -0.39 is 0 Å². The molecule has 0 bridgehead atoms. The number of imidazole rings is 1. The molecule has 1 aliphatic heterocycles. The molecule has 2 heterocycles. The third kappa shape index (κ3) is 3.22. The van der Waals surface area contributed by atoms with E-state index in [0.717, 1.165) is 35.4 Å². The maximum Gasteiger partial charge on any atom is 0.244 e.